The summed E-state index contributed by atoms with van der Waals surface area (Å²) in [5, 5.41) is 20.7. The Morgan fingerprint density at radius 3 is 2.74 bits per heavy atom. The van der Waals surface area contributed by atoms with E-state index in [1.165, 1.54) is 11.3 Å². The van der Waals surface area contributed by atoms with Crippen LogP contribution in [0.2, 0.25) is 0 Å². The van der Waals surface area contributed by atoms with Crippen molar-refractivity contribution in [2.45, 2.75) is 44.2 Å². The van der Waals surface area contributed by atoms with Crippen LogP contribution in [0.5, 0.6) is 0 Å². The van der Waals surface area contributed by atoms with E-state index in [-0.39, 0.29) is 17.9 Å². The first-order chi connectivity index (χ1) is 16.6. The molecule has 1 fully saturated rings. The number of amides is 2. The molecule has 2 atom stereocenters. The van der Waals surface area contributed by atoms with E-state index < -0.39 is 6.04 Å². The van der Waals surface area contributed by atoms with Crippen LogP contribution in [0, 0.1) is 11.3 Å². The van der Waals surface area contributed by atoms with E-state index in [1.54, 1.807) is 12.3 Å². The Balaban J connectivity index is 1.33. The van der Waals surface area contributed by atoms with Gasteiger partial charge in [0.1, 0.15) is 6.04 Å². The molecule has 0 saturated carbocycles. The van der Waals surface area contributed by atoms with E-state index >= 15 is 0 Å². The van der Waals surface area contributed by atoms with Crippen LogP contribution in [0.25, 0.3) is 11.1 Å². The molecule has 174 valence electrons. The predicted molar refractivity (Wildman–Crippen MR) is 133 cm³/mol. The molecular weight excluding hydrogens is 446 g/mol. The lowest BCUT2D eigenvalue weighted by Gasteiger charge is -2.23. The van der Waals surface area contributed by atoms with Crippen molar-refractivity contribution in [2.24, 2.45) is 0 Å². The maximum Gasteiger partial charge on any atom is 0.257 e. The summed E-state index contributed by atoms with van der Waals surface area (Å²) in [4.78, 5) is 29.0. The summed E-state index contributed by atoms with van der Waals surface area (Å²) < 4.78 is 0. The molecular formula is C26H27N5O2S. The summed E-state index contributed by atoms with van der Waals surface area (Å²) in [6.07, 6.45) is 5.84. The minimum absolute atomic E-state index is 0.0830. The molecule has 0 bridgehead atoms. The summed E-state index contributed by atoms with van der Waals surface area (Å²) in [5.74, 6) is -0.276. The SMILES string of the molecule is N#C[C@H](CCc1ccc(-c2cccc(C(=O)Nc3nccs3)c2)cc1)NC(=O)[C@@H]1CCCCN1. The zero-order chi connectivity index (χ0) is 23.8. The molecule has 7 nitrogen and oxygen atoms in total. The van der Waals surface area contributed by atoms with E-state index in [2.05, 4.69) is 27.0 Å². The minimum Gasteiger partial charge on any atom is -0.339 e. The molecule has 0 spiro atoms. The van der Waals surface area contributed by atoms with E-state index in [1.807, 2.05) is 47.8 Å². The van der Waals surface area contributed by atoms with Crippen LogP contribution in [0.4, 0.5) is 5.13 Å². The molecule has 8 heteroatoms. The third-order valence-corrected chi connectivity index (χ3v) is 6.57. The second-order valence-corrected chi connectivity index (χ2v) is 9.20. The van der Waals surface area contributed by atoms with Crippen molar-refractivity contribution in [3.05, 3.63) is 71.2 Å². The molecule has 2 heterocycles. The standard InChI is InChI=1S/C26H27N5O2S/c27-17-22(30-25(33)23-6-1-2-13-28-23)12-9-18-7-10-19(11-8-18)20-4-3-5-21(16-20)24(32)31-26-29-14-15-34-26/h3-5,7-8,10-11,14-16,22-23,28H,1-2,6,9,12-13H2,(H,30,33)(H,29,31,32)/t22-,23-/m0/s1. The number of benzene rings is 2. The first-order valence-electron chi connectivity index (χ1n) is 11.5. The summed E-state index contributed by atoms with van der Waals surface area (Å²) in [6.45, 7) is 0.848. The lowest BCUT2D eigenvalue weighted by Crippen LogP contribution is -2.49. The van der Waals surface area contributed by atoms with Gasteiger partial charge in [-0.3, -0.25) is 14.9 Å². The van der Waals surface area contributed by atoms with Crippen molar-refractivity contribution in [3.8, 4) is 17.2 Å². The van der Waals surface area contributed by atoms with E-state index in [4.69, 9.17) is 0 Å². The Kier molecular flexibility index (Phi) is 8.02. The number of hydrogen-bond donors (Lipinski definition) is 3. The molecule has 34 heavy (non-hydrogen) atoms. The Hall–Kier alpha value is -3.54. The summed E-state index contributed by atoms with van der Waals surface area (Å²) in [5.41, 5.74) is 3.60. The first kappa shape index (κ1) is 23.6. The van der Waals surface area contributed by atoms with Gasteiger partial charge in [0.25, 0.3) is 5.91 Å². The van der Waals surface area contributed by atoms with Crippen LogP contribution in [0.1, 0.15) is 41.6 Å². The van der Waals surface area contributed by atoms with Crippen molar-refractivity contribution in [1.29, 1.82) is 5.26 Å². The van der Waals surface area contributed by atoms with E-state index in [9.17, 15) is 14.9 Å². The smallest absolute Gasteiger partial charge is 0.257 e. The number of aryl methyl sites for hydroxylation is 1. The Morgan fingerprint density at radius 1 is 1.18 bits per heavy atom. The van der Waals surface area contributed by atoms with Gasteiger partial charge in [-0.2, -0.15) is 5.26 Å². The number of hydrogen-bond acceptors (Lipinski definition) is 6. The average Bonchev–Trinajstić information content (AvgIpc) is 3.40. The van der Waals surface area contributed by atoms with Crippen LogP contribution in [0.3, 0.4) is 0 Å². The van der Waals surface area contributed by atoms with Gasteiger partial charge in [-0.1, -0.05) is 42.8 Å². The van der Waals surface area contributed by atoms with Crippen molar-refractivity contribution in [1.82, 2.24) is 15.6 Å². The Bertz CT molecular complexity index is 1150. The number of thiazole rings is 1. The number of anilines is 1. The molecule has 1 saturated heterocycles. The number of piperidine rings is 1. The lowest BCUT2D eigenvalue weighted by atomic mass is 9.99. The van der Waals surface area contributed by atoms with Crippen LogP contribution >= 0.6 is 11.3 Å². The van der Waals surface area contributed by atoms with Gasteiger partial charge >= 0.3 is 0 Å². The summed E-state index contributed by atoms with van der Waals surface area (Å²) >= 11 is 1.38. The van der Waals surface area contributed by atoms with Gasteiger partial charge in [0.15, 0.2) is 5.13 Å². The van der Waals surface area contributed by atoms with Crippen LogP contribution in [-0.2, 0) is 11.2 Å². The Labute approximate surface area is 203 Å². The molecule has 2 aromatic carbocycles. The van der Waals surface area contributed by atoms with Crippen LogP contribution < -0.4 is 16.0 Å². The summed E-state index contributed by atoms with van der Waals surface area (Å²) in [7, 11) is 0. The lowest BCUT2D eigenvalue weighted by molar-refractivity contribution is -0.124. The Morgan fingerprint density at radius 2 is 2.03 bits per heavy atom. The van der Waals surface area contributed by atoms with Gasteiger partial charge in [0.2, 0.25) is 5.91 Å². The first-order valence-corrected chi connectivity index (χ1v) is 12.3. The molecule has 0 aliphatic carbocycles. The molecule has 3 aromatic rings. The third kappa shape index (κ3) is 6.28. The van der Waals surface area contributed by atoms with Crippen molar-refractivity contribution < 1.29 is 9.59 Å². The number of nitrogens with one attached hydrogen (secondary N) is 3. The van der Waals surface area contributed by atoms with Gasteiger partial charge in [-0.05, 0) is 61.1 Å². The van der Waals surface area contributed by atoms with E-state index in [0.29, 0.717) is 23.5 Å². The molecule has 4 rings (SSSR count). The van der Waals surface area contributed by atoms with Crippen molar-refractivity contribution in [3.63, 3.8) is 0 Å². The van der Waals surface area contributed by atoms with Crippen LogP contribution in [0.15, 0.2) is 60.1 Å². The minimum atomic E-state index is -0.510. The van der Waals surface area contributed by atoms with Crippen molar-refractivity contribution in [2.75, 3.05) is 11.9 Å². The molecule has 1 aliphatic heterocycles. The number of carbonyl (C=O) groups excluding carboxylic acids is 2. The highest BCUT2D eigenvalue weighted by molar-refractivity contribution is 7.13. The molecule has 0 radical (unpaired) electrons. The fourth-order valence-corrected chi connectivity index (χ4v) is 4.51. The highest BCUT2D eigenvalue weighted by atomic mass is 32.1. The van der Waals surface area contributed by atoms with Crippen molar-refractivity contribution >= 4 is 28.3 Å². The van der Waals surface area contributed by atoms with Gasteiger partial charge < -0.3 is 10.6 Å². The fourth-order valence-electron chi connectivity index (χ4n) is 3.99. The fraction of sp³-hybridized carbons (Fsp3) is 0.308. The molecule has 1 aromatic heterocycles. The maximum absolute atomic E-state index is 12.5. The highest BCUT2D eigenvalue weighted by Crippen LogP contribution is 2.22. The molecule has 1 aliphatic rings. The number of rotatable bonds is 8. The van der Waals surface area contributed by atoms with Gasteiger partial charge in [-0.25, -0.2) is 4.98 Å². The number of carbonyl (C=O) groups is 2. The number of nitrogens with zero attached hydrogens (tertiary/aromatic N) is 2. The molecule has 2 amide bonds. The second-order valence-electron chi connectivity index (χ2n) is 8.30. The molecule has 0 unspecified atom stereocenters. The van der Waals surface area contributed by atoms with Gasteiger partial charge in [0.05, 0.1) is 12.1 Å². The predicted octanol–water partition coefficient (Wildman–Crippen LogP) is 4.15. The third-order valence-electron chi connectivity index (χ3n) is 5.89. The topological polar surface area (TPSA) is 107 Å². The highest BCUT2D eigenvalue weighted by Gasteiger charge is 2.22. The quantitative estimate of drug-likeness (QED) is 0.456. The van der Waals surface area contributed by atoms with Gasteiger partial charge in [0, 0.05) is 17.1 Å². The zero-order valence-corrected chi connectivity index (χ0v) is 19.6. The summed E-state index contributed by atoms with van der Waals surface area (Å²) in [6, 6.07) is 17.1. The van der Waals surface area contributed by atoms with E-state index in [0.717, 1.165) is 42.5 Å². The normalized spacial score (nSPS) is 16.3. The largest absolute Gasteiger partial charge is 0.339 e. The number of nitriles is 1. The second kappa shape index (κ2) is 11.5. The number of aromatic nitrogens is 1. The molecule has 3 N–H and O–H groups in total. The van der Waals surface area contributed by atoms with Crippen LogP contribution in [-0.4, -0.2) is 35.4 Å². The maximum atomic E-state index is 12.5. The average molecular weight is 474 g/mol. The monoisotopic (exact) mass is 473 g/mol. The van der Waals surface area contributed by atoms with Gasteiger partial charge in [-0.15, -0.1) is 11.3 Å². The zero-order valence-electron chi connectivity index (χ0n) is 18.8.